The van der Waals surface area contributed by atoms with Crippen molar-refractivity contribution in [3.63, 3.8) is 0 Å². The van der Waals surface area contributed by atoms with Crippen molar-refractivity contribution in [2.45, 2.75) is 13.8 Å². The lowest BCUT2D eigenvalue weighted by Crippen LogP contribution is -2.44. The third-order valence-electron chi connectivity index (χ3n) is 3.06. The quantitative estimate of drug-likeness (QED) is 0.531. The largest absolute Gasteiger partial charge is 0.379 e. The molecule has 0 saturated carbocycles. The van der Waals surface area contributed by atoms with Crippen LogP contribution < -0.4 is 5.43 Å². The van der Waals surface area contributed by atoms with Crippen LogP contribution in [-0.2, 0) is 4.74 Å². The number of hydrazine groups is 1. The highest BCUT2D eigenvalue weighted by Gasteiger charge is 2.10. The fraction of sp³-hybridized carbons (Fsp3) is 0.846. The van der Waals surface area contributed by atoms with E-state index in [0.717, 1.165) is 45.9 Å². The van der Waals surface area contributed by atoms with Gasteiger partial charge in [0, 0.05) is 39.8 Å². The van der Waals surface area contributed by atoms with Crippen molar-refractivity contribution in [1.29, 1.82) is 0 Å². The molecule has 1 fully saturated rings. The molecule has 0 aromatic rings. The highest BCUT2D eigenvalue weighted by Crippen LogP contribution is 1.97. The van der Waals surface area contributed by atoms with Gasteiger partial charge in [-0.3, -0.25) is 10.3 Å². The molecular weight excluding hydrogens is 214 g/mol. The summed E-state index contributed by atoms with van der Waals surface area (Å²) in [6.45, 7) is 11.4. The van der Waals surface area contributed by atoms with Gasteiger partial charge in [0.1, 0.15) is 0 Å². The normalized spacial score (nSPS) is 20.2. The number of hydrogen-bond donors (Lipinski definition) is 1. The summed E-state index contributed by atoms with van der Waals surface area (Å²) in [4.78, 5) is 2.46. The third-order valence-corrected chi connectivity index (χ3v) is 3.06. The van der Waals surface area contributed by atoms with Gasteiger partial charge in [0.25, 0.3) is 0 Å². The van der Waals surface area contributed by atoms with Crippen LogP contribution in [0.25, 0.3) is 0 Å². The van der Waals surface area contributed by atoms with E-state index in [0.29, 0.717) is 5.92 Å². The lowest BCUT2D eigenvalue weighted by Gasteiger charge is -2.29. The highest BCUT2D eigenvalue weighted by molar-refractivity contribution is 4.83. The van der Waals surface area contributed by atoms with E-state index >= 15 is 0 Å². The van der Waals surface area contributed by atoms with Crippen LogP contribution >= 0.6 is 0 Å². The number of rotatable bonds is 7. The number of hydrogen-bond acceptors (Lipinski definition) is 4. The summed E-state index contributed by atoms with van der Waals surface area (Å²) in [5.74, 6) is 0.589. The van der Waals surface area contributed by atoms with Gasteiger partial charge in [-0.05, 0) is 12.8 Å². The van der Waals surface area contributed by atoms with Crippen LogP contribution in [0.4, 0.5) is 0 Å². The summed E-state index contributed by atoms with van der Waals surface area (Å²) in [6.07, 6.45) is 4.34. The molecule has 1 unspecified atom stereocenters. The molecule has 0 radical (unpaired) electrons. The van der Waals surface area contributed by atoms with Gasteiger partial charge < -0.3 is 4.74 Å². The smallest absolute Gasteiger partial charge is 0.0594 e. The zero-order valence-electron chi connectivity index (χ0n) is 11.5. The topological polar surface area (TPSA) is 27.7 Å². The molecule has 1 heterocycles. The Morgan fingerprint density at radius 1 is 1.41 bits per heavy atom. The number of likely N-dealkylation sites (N-methyl/N-ethyl adjacent to an activating group) is 1. The monoisotopic (exact) mass is 241 g/mol. The number of allylic oxidation sites excluding steroid dienone is 1. The number of morpholine rings is 1. The van der Waals surface area contributed by atoms with E-state index in [-0.39, 0.29) is 0 Å². The van der Waals surface area contributed by atoms with E-state index < -0.39 is 0 Å². The molecule has 1 N–H and O–H groups in total. The average Bonchev–Trinajstić information content (AvgIpc) is 2.35. The Bertz CT molecular complexity index is 215. The first-order chi connectivity index (χ1) is 8.22. The molecule has 0 aromatic carbocycles. The van der Waals surface area contributed by atoms with Gasteiger partial charge in [0.2, 0.25) is 0 Å². The van der Waals surface area contributed by atoms with Crippen LogP contribution in [0.2, 0.25) is 0 Å². The van der Waals surface area contributed by atoms with Crippen molar-refractivity contribution in [2.75, 3.05) is 53.0 Å². The third kappa shape index (κ3) is 6.78. The first-order valence-corrected chi connectivity index (χ1v) is 6.60. The van der Waals surface area contributed by atoms with Crippen LogP contribution in [0.15, 0.2) is 12.2 Å². The van der Waals surface area contributed by atoms with Gasteiger partial charge in [0.15, 0.2) is 0 Å². The zero-order chi connectivity index (χ0) is 12.5. The van der Waals surface area contributed by atoms with Crippen LogP contribution in [0.3, 0.4) is 0 Å². The molecule has 0 spiro atoms. The van der Waals surface area contributed by atoms with E-state index in [1.807, 2.05) is 0 Å². The van der Waals surface area contributed by atoms with Gasteiger partial charge in [-0.1, -0.05) is 19.1 Å². The van der Waals surface area contributed by atoms with Crippen LogP contribution in [0.1, 0.15) is 13.8 Å². The Hall–Kier alpha value is -0.420. The second-order valence-electron chi connectivity index (χ2n) is 4.74. The first kappa shape index (κ1) is 14.6. The van der Waals surface area contributed by atoms with E-state index in [9.17, 15) is 0 Å². The number of ether oxygens (including phenoxy) is 1. The van der Waals surface area contributed by atoms with Gasteiger partial charge >= 0.3 is 0 Å². The van der Waals surface area contributed by atoms with Crippen LogP contribution in [0, 0.1) is 5.92 Å². The van der Waals surface area contributed by atoms with Crippen LogP contribution in [-0.4, -0.2) is 62.9 Å². The molecule has 1 atom stereocenters. The standard InChI is InChI=1S/C13H27N3O/c1-4-5-13(2)12-14-15(3)6-7-16-8-10-17-11-9-16/h4-5,13-14H,6-12H2,1-3H3. The maximum Gasteiger partial charge on any atom is 0.0594 e. The molecule has 4 heteroatoms. The van der Waals surface area contributed by atoms with Crippen molar-refractivity contribution < 1.29 is 4.74 Å². The minimum absolute atomic E-state index is 0.589. The Balaban J connectivity index is 2.05. The molecule has 17 heavy (non-hydrogen) atoms. The molecule has 1 aliphatic rings. The molecule has 1 rings (SSSR count). The van der Waals surface area contributed by atoms with Crippen molar-refractivity contribution >= 4 is 0 Å². The molecule has 0 aliphatic carbocycles. The SMILES string of the molecule is CC=CC(C)CNN(C)CCN1CCOCC1. The summed E-state index contributed by atoms with van der Waals surface area (Å²) in [5.41, 5.74) is 3.43. The minimum atomic E-state index is 0.589. The van der Waals surface area contributed by atoms with Crippen molar-refractivity contribution in [2.24, 2.45) is 5.92 Å². The van der Waals surface area contributed by atoms with Crippen molar-refractivity contribution in [3.8, 4) is 0 Å². The van der Waals surface area contributed by atoms with Gasteiger partial charge in [-0.25, -0.2) is 5.01 Å². The van der Waals surface area contributed by atoms with Crippen molar-refractivity contribution in [1.82, 2.24) is 15.3 Å². The molecule has 0 bridgehead atoms. The summed E-state index contributed by atoms with van der Waals surface area (Å²) >= 11 is 0. The summed E-state index contributed by atoms with van der Waals surface area (Å²) in [6, 6.07) is 0. The second kappa shape index (κ2) is 8.64. The van der Waals surface area contributed by atoms with Crippen molar-refractivity contribution in [3.05, 3.63) is 12.2 Å². The Kier molecular flexibility index (Phi) is 7.44. The first-order valence-electron chi connectivity index (χ1n) is 6.60. The minimum Gasteiger partial charge on any atom is -0.379 e. The number of nitrogens with one attached hydrogen (secondary N) is 1. The van der Waals surface area contributed by atoms with Gasteiger partial charge in [-0.15, -0.1) is 0 Å². The molecule has 4 nitrogen and oxygen atoms in total. The Labute approximate surface area is 106 Å². The molecule has 0 aromatic heterocycles. The predicted octanol–water partition coefficient (Wildman–Crippen LogP) is 0.967. The number of nitrogens with zero attached hydrogens (tertiary/aromatic N) is 2. The van der Waals surface area contributed by atoms with Crippen LogP contribution in [0.5, 0.6) is 0 Å². The van der Waals surface area contributed by atoms with Gasteiger partial charge in [0.05, 0.1) is 13.2 Å². The van der Waals surface area contributed by atoms with E-state index in [2.05, 4.69) is 48.4 Å². The average molecular weight is 241 g/mol. The Morgan fingerprint density at radius 2 is 2.12 bits per heavy atom. The Morgan fingerprint density at radius 3 is 2.76 bits per heavy atom. The lowest BCUT2D eigenvalue weighted by molar-refractivity contribution is 0.0319. The summed E-state index contributed by atoms with van der Waals surface area (Å²) in [7, 11) is 2.11. The maximum atomic E-state index is 5.33. The predicted molar refractivity (Wildman–Crippen MR) is 71.9 cm³/mol. The summed E-state index contributed by atoms with van der Waals surface area (Å²) in [5, 5.41) is 2.19. The second-order valence-corrected chi connectivity index (χ2v) is 4.74. The molecule has 1 saturated heterocycles. The highest BCUT2D eigenvalue weighted by atomic mass is 16.5. The van der Waals surface area contributed by atoms with E-state index in [1.54, 1.807) is 0 Å². The lowest BCUT2D eigenvalue weighted by atomic mass is 10.2. The molecular formula is C13H27N3O. The molecule has 100 valence electrons. The van der Waals surface area contributed by atoms with Gasteiger partial charge in [-0.2, -0.15) is 0 Å². The van der Waals surface area contributed by atoms with E-state index in [1.165, 1.54) is 0 Å². The molecule has 0 amide bonds. The van der Waals surface area contributed by atoms with E-state index in [4.69, 9.17) is 4.74 Å². The summed E-state index contributed by atoms with van der Waals surface area (Å²) < 4.78 is 5.33. The fourth-order valence-corrected chi connectivity index (χ4v) is 1.89. The fourth-order valence-electron chi connectivity index (χ4n) is 1.89. The zero-order valence-corrected chi connectivity index (χ0v) is 11.5. The molecule has 1 aliphatic heterocycles. The maximum absolute atomic E-state index is 5.33.